The first kappa shape index (κ1) is 21.9. The first-order valence-corrected chi connectivity index (χ1v) is 9.52. The van der Waals surface area contributed by atoms with Crippen LogP contribution in [0.2, 0.25) is 0 Å². The van der Waals surface area contributed by atoms with Crippen LogP contribution < -0.4 is 15.8 Å². The van der Waals surface area contributed by atoms with Crippen molar-refractivity contribution in [3.05, 3.63) is 29.8 Å². The van der Waals surface area contributed by atoms with Gasteiger partial charge < -0.3 is 15.8 Å². The summed E-state index contributed by atoms with van der Waals surface area (Å²) in [6, 6.07) is 6.00. The van der Waals surface area contributed by atoms with Crippen molar-refractivity contribution in [2.24, 2.45) is 5.73 Å². The Bertz CT molecular complexity index is 676. The maximum atomic E-state index is 12.5. The molecule has 2 rings (SSSR count). The number of rotatable bonds is 8. The van der Waals surface area contributed by atoms with Gasteiger partial charge in [-0.3, -0.25) is 4.79 Å². The quantitative estimate of drug-likeness (QED) is 0.573. The minimum Gasteiger partial charge on any atom is -0.383 e. The number of hydrogen-bond donors (Lipinski definition) is 3. The standard InChI is InChI=1S/C16H25N3O4S.ClH/c1-23-10-9-18-24(21,22)14-6-4-5-13(11-14)15(20)19-16(12-17)7-2-3-8-16;/h4-6,11,18H,2-3,7-10,12,17H2,1H3,(H,19,20);1H. The zero-order chi connectivity index (χ0) is 17.6. The van der Waals surface area contributed by atoms with Crippen molar-refractivity contribution in [2.75, 3.05) is 26.8 Å². The van der Waals surface area contributed by atoms with Crippen LogP contribution >= 0.6 is 12.4 Å². The Morgan fingerprint density at radius 3 is 2.60 bits per heavy atom. The summed E-state index contributed by atoms with van der Waals surface area (Å²) in [4.78, 5) is 12.6. The Balaban J connectivity index is 0.00000312. The molecule has 1 saturated carbocycles. The molecular weight excluding hydrogens is 366 g/mol. The largest absolute Gasteiger partial charge is 0.383 e. The number of halogens is 1. The number of carbonyl (C=O) groups excluding carboxylic acids is 1. The van der Waals surface area contributed by atoms with Gasteiger partial charge in [-0.05, 0) is 31.0 Å². The normalized spacial score (nSPS) is 16.2. The van der Waals surface area contributed by atoms with E-state index < -0.39 is 10.0 Å². The van der Waals surface area contributed by atoms with Crippen molar-refractivity contribution in [3.8, 4) is 0 Å². The highest BCUT2D eigenvalue weighted by molar-refractivity contribution is 7.89. The first-order chi connectivity index (χ1) is 11.4. The van der Waals surface area contributed by atoms with Gasteiger partial charge in [-0.2, -0.15) is 0 Å². The van der Waals surface area contributed by atoms with E-state index in [1.165, 1.54) is 19.2 Å². The predicted octanol–water partition coefficient (Wildman–Crippen LogP) is 1.03. The molecule has 0 radical (unpaired) electrons. The second-order valence-corrected chi connectivity index (χ2v) is 7.83. The van der Waals surface area contributed by atoms with Gasteiger partial charge in [-0.15, -0.1) is 12.4 Å². The van der Waals surface area contributed by atoms with Crippen molar-refractivity contribution in [2.45, 2.75) is 36.1 Å². The van der Waals surface area contributed by atoms with Crippen molar-refractivity contribution in [1.29, 1.82) is 0 Å². The van der Waals surface area contributed by atoms with E-state index in [2.05, 4.69) is 10.0 Å². The molecule has 7 nitrogen and oxygen atoms in total. The molecule has 0 unspecified atom stereocenters. The fraction of sp³-hybridized carbons (Fsp3) is 0.562. The van der Waals surface area contributed by atoms with Crippen LogP contribution in [-0.2, 0) is 14.8 Å². The number of carbonyl (C=O) groups is 1. The van der Waals surface area contributed by atoms with Gasteiger partial charge >= 0.3 is 0 Å². The molecule has 4 N–H and O–H groups in total. The number of sulfonamides is 1. The monoisotopic (exact) mass is 391 g/mol. The third kappa shape index (κ3) is 5.65. The van der Waals surface area contributed by atoms with Crippen LogP contribution in [0.4, 0.5) is 0 Å². The highest BCUT2D eigenvalue weighted by atomic mass is 35.5. The van der Waals surface area contributed by atoms with E-state index in [1.807, 2.05) is 0 Å². The molecule has 1 aromatic rings. The second-order valence-electron chi connectivity index (χ2n) is 6.06. The number of methoxy groups -OCH3 is 1. The van der Waals surface area contributed by atoms with Crippen LogP contribution in [0.25, 0.3) is 0 Å². The molecule has 0 bridgehead atoms. The van der Waals surface area contributed by atoms with Gasteiger partial charge in [0.15, 0.2) is 0 Å². The lowest BCUT2D eigenvalue weighted by Gasteiger charge is -2.28. The molecule has 1 fully saturated rings. The van der Waals surface area contributed by atoms with E-state index in [9.17, 15) is 13.2 Å². The van der Waals surface area contributed by atoms with Crippen molar-refractivity contribution >= 4 is 28.3 Å². The third-order valence-electron chi connectivity index (χ3n) is 4.33. The molecule has 0 atom stereocenters. The van der Waals surface area contributed by atoms with E-state index >= 15 is 0 Å². The lowest BCUT2D eigenvalue weighted by molar-refractivity contribution is 0.0903. The summed E-state index contributed by atoms with van der Waals surface area (Å²) < 4.78 is 31.7. The molecule has 0 spiro atoms. The number of ether oxygens (including phenoxy) is 1. The van der Waals surface area contributed by atoms with Crippen LogP contribution in [0.15, 0.2) is 29.2 Å². The SMILES string of the molecule is COCCNS(=O)(=O)c1cccc(C(=O)NC2(CN)CCCC2)c1.Cl. The minimum absolute atomic E-state index is 0. The number of amides is 1. The summed E-state index contributed by atoms with van der Waals surface area (Å²) in [5.74, 6) is -0.295. The summed E-state index contributed by atoms with van der Waals surface area (Å²) in [6.07, 6.45) is 3.78. The van der Waals surface area contributed by atoms with Gasteiger partial charge in [0.25, 0.3) is 5.91 Å². The average molecular weight is 392 g/mol. The van der Waals surface area contributed by atoms with Crippen LogP contribution in [0.5, 0.6) is 0 Å². The van der Waals surface area contributed by atoms with E-state index in [-0.39, 0.29) is 41.9 Å². The Labute approximate surface area is 155 Å². The van der Waals surface area contributed by atoms with E-state index in [4.69, 9.17) is 10.5 Å². The lowest BCUT2D eigenvalue weighted by atomic mass is 9.97. The Kier molecular flexibility index (Phi) is 8.30. The Morgan fingerprint density at radius 2 is 2.00 bits per heavy atom. The van der Waals surface area contributed by atoms with E-state index in [0.29, 0.717) is 12.1 Å². The van der Waals surface area contributed by atoms with Crippen molar-refractivity contribution in [3.63, 3.8) is 0 Å². The molecule has 1 aromatic carbocycles. The molecule has 9 heteroatoms. The number of benzene rings is 1. The van der Waals surface area contributed by atoms with Gasteiger partial charge in [0.05, 0.1) is 17.0 Å². The third-order valence-corrected chi connectivity index (χ3v) is 5.79. The highest BCUT2D eigenvalue weighted by Crippen LogP contribution is 2.29. The zero-order valence-electron chi connectivity index (χ0n) is 14.3. The Hall–Kier alpha value is -1.19. The maximum absolute atomic E-state index is 12.5. The van der Waals surface area contributed by atoms with Crippen LogP contribution in [0.1, 0.15) is 36.0 Å². The van der Waals surface area contributed by atoms with Crippen molar-refractivity contribution < 1.29 is 17.9 Å². The van der Waals surface area contributed by atoms with Crippen LogP contribution in [0, 0.1) is 0 Å². The second kappa shape index (κ2) is 9.49. The van der Waals surface area contributed by atoms with Gasteiger partial charge in [-0.25, -0.2) is 13.1 Å². The zero-order valence-corrected chi connectivity index (χ0v) is 15.9. The van der Waals surface area contributed by atoms with Crippen molar-refractivity contribution in [1.82, 2.24) is 10.0 Å². The molecule has 1 aliphatic rings. The van der Waals surface area contributed by atoms with E-state index in [1.54, 1.807) is 12.1 Å². The maximum Gasteiger partial charge on any atom is 0.251 e. The van der Waals surface area contributed by atoms with Crippen LogP contribution in [0.3, 0.4) is 0 Å². The fourth-order valence-electron chi connectivity index (χ4n) is 2.91. The van der Waals surface area contributed by atoms with Gasteiger partial charge in [-0.1, -0.05) is 18.9 Å². The summed E-state index contributed by atoms with van der Waals surface area (Å²) in [5.41, 5.74) is 5.77. The summed E-state index contributed by atoms with van der Waals surface area (Å²) in [7, 11) is -2.18. The first-order valence-electron chi connectivity index (χ1n) is 8.04. The number of hydrogen-bond acceptors (Lipinski definition) is 5. The summed E-state index contributed by atoms with van der Waals surface area (Å²) in [6.45, 7) is 0.833. The predicted molar refractivity (Wildman–Crippen MR) is 98.5 cm³/mol. The number of nitrogens with one attached hydrogen (secondary N) is 2. The van der Waals surface area contributed by atoms with Gasteiger partial charge in [0, 0.05) is 25.8 Å². The lowest BCUT2D eigenvalue weighted by Crippen LogP contribution is -2.51. The fourth-order valence-corrected chi connectivity index (χ4v) is 3.97. The number of nitrogens with two attached hydrogens (primary N) is 1. The molecular formula is C16H26ClN3O4S. The average Bonchev–Trinajstić information content (AvgIpc) is 3.04. The molecule has 142 valence electrons. The molecule has 0 heterocycles. The highest BCUT2D eigenvalue weighted by Gasteiger charge is 2.34. The van der Waals surface area contributed by atoms with Gasteiger partial charge in [0.2, 0.25) is 10.0 Å². The molecule has 0 aromatic heterocycles. The molecule has 25 heavy (non-hydrogen) atoms. The molecule has 1 amide bonds. The molecule has 0 aliphatic heterocycles. The molecule has 1 aliphatic carbocycles. The summed E-state index contributed by atoms with van der Waals surface area (Å²) >= 11 is 0. The van der Waals surface area contributed by atoms with E-state index in [0.717, 1.165) is 25.7 Å². The van der Waals surface area contributed by atoms with Crippen LogP contribution in [-0.4, -0.2) is 46.7 Å². The molecule has 0 saturated heterocycles. The Morgan fingerprint density at radius 1 is 1.32 bits per heavy atom. The van der Waals surface area contributed by atoms with Gasteiger partial charge in [0.1, 0.15) is 0 Å². The smallest absolute Gasteiger partial charge is 0.251 e. The minimum atomic E-state index is -3.67. The topological polar surface area (TPSA) is 111 Å². The summed E-state index contributed by atoms with van der Waals surface area (Å²) in [5, 5.41) is 2.99.